The minimum absolute atomic E-state index is 0.122. The molecular weight excluding hydrogens is 452 g/mol. The van der Waals surface area contributed by atoms with Crippen LogP contribution in [0.15, 0.2) is 21.7 Å². The van der Waals surface area contributed by atoms with Gasteiger partial charge in [-0.3, -0.25) is 14.4 Å². The van der Waals surface area contributed by atoms with Gasteiger partial charge in [0.15, 0.2) is 22.5 Å². The minimum Gasteiger partial charge on any atom is -0.493 e. The number of benzene rings is 1. The molecule has 10 nitrogen and oxygen atoms in total. The molecule has 35 heavy (non-hydrogen) atoms. The number of aromatic nitrogens is 4. The summed E-state index contributed by atoms with van der Waals surface area (Å²) in [6, 6.07) is 2.99. The lowest BCUT2D eigenvalue weighted by Gasteiger charge is -2.07. The number of unbranched alkanes of at least 4 members (excludes halogenated alkanes) is 8. The lowest BCUT2D eigenvalue weighted by Crippen LogP contribution is -2.12. The first-order valence-corrected chi connectivity index (χ1v) is 12.2. The number of carbonyl (C=O) groups excluding carboxylic acids is 1. The molecule has 0 bridgehead atoms. The SMILES string of the molecule is CCCCCCCCCCCC(=O)OCn1nc2c(=O)[nH]c3cc(OC)c(OC)cc3c(=O)c2n1. The summed E-state index contributed by atoms with van der Waals surface area (Å²) in [6.45, 7) is 1.93. The fraction of sp³-hybridized carbons (Fsp3) is 0.560. The molecule has 2 heterocycles. The molecule has 0 saturated heterocycles. The number of carbonyl (C=O) groups is 1. The van der Waals surface area contributed by atoms with Crippen molar-refractivity contribution in [2.45, 2.75) is 77.9 Å². The number of ether oxygens (including phenoxy) is 3. The zero-order chi connectivity index (χ0) is 25.2. The Morgan fingerprint density at radius 3 is 2.14 bits per heavy atom. The summed E-state index contributed by atoms with van der Waals surface area (Å²) in [7, 11) is 2.91. The van der Waals surface area contributed by atoms with Crippen molar-refractivity contribution in [1.82, 2.24) is 20.0 Å². The zero-order valence-electron chi connectivity index (χ0n) is 20.7. The molecule has 190 valence electrons. The van der Waals surface area contributed by atoms with Gasteiger partial charge in [-0.05, 0) is 12.5 Å². The highest BCUT2D eigenvalue weighted by molar-refractivity contribution is 5.88. The van der Waals surface area contributed by atoms with Crippen molar-refractivity contribution in [3.8, 4) is 11.5 Å². The van der Waals surface area contributed by atoms with Crippen molar-refractivity contribution in [1.29, 1.82) is 0 Å². The lowest BCUT2D eigenvalue weighted by atomic mass is 10.1. The van der Waals surface area contributed by atoms with E-state index in [0.717, 1.165) is 24.1 Å². The van der Waals surface area contributed by atoms with Crippen LogP contribution in [0.1, 0.15) is 71.1 Å². The monoisotopic (exact) mass is 486 g/mol. The van der Waals surface area contributed by atoms with Crippen LogP contribution in [0.2, 0.25) is 0 Å². The molecule has 0 aliphatic rings. The van der Waals surface area contributed by atoms with E-state index in [2.05, 4.69) is 22.1 Å². The van der Waals surface area contributed by atoms with Crippen LogP contribution in [0.25, 0.3) is 21.9 Å². The predicted molar refractivity (Wildman–Crippen MR) is 133 cm³/mol. The summed E-state index contributed by atoms with van der Waals surface area (Å²) in [6.07, 6.45) is 10.8. The first-order valence-electron chi connectivity index (χ1n) is 12.2. The Morgan fingerprint density at radius 2 is 1.49 bits per heavy atom. The van der Waals surface area contributed by atoms with Crippen molar-refractivity contribution in [2.24, 2.45) is 0 Å². The number of nitrogens with one attached hydrogen (secondary N) is 1. The van der Waals surface area contributed by atoms with Crippen LogP contribution in [-0.4, -0.2) is 40.2 Å². The third-order valence-corrected chi connectivity index (χ3v) is 5.93. The third kappa shape index (κ3) is 6.80. The van der Waals surface area contributed by atoms with Crippen LogP contribution in [0.5, 0.6) is 11.5 Å². The molecule has 10 heteroatoms. The van der Waals surface area contributed by atoms with E-state index in [9.17, 15) is 14.4 Å². The quantitative estimate of drug-likeness (QED) is 0.267. The molecule has 1 aromatic carbocycles. The topological polar surface area (TPSA) is 125 Å². The van der Waals surface area contributed by atoms with Crippen LogP contribution in [0, 0.1) is 0 Å². The van der Waals surface area contributed by atoms with E-state index >= 15 is 0 Å². The van der Waals surface area contributed by atoms with E-state index in [1.165, 1.54) is 64.9 Å². The van der Waals surface area contributed by atoms with Crippen molar-refractivity contribution in [2.75, 3.05) is 14.2 Å². The van der Waals surface area contributed by atoms with E-state index in [4.69, 9.17) is 14.2 Å². The van der Waals surface area contributed by atoms with Gasteiger partial charge in [0.05, 0.1) is 25.1 Å². The van der Waals surface area contributed by atoms with Crippen molar-refractivity contribution >= 4 is 27.9 Å². The number of hydrogen-bond acceptors (Lipinski definition) is 8. The maximum absolute atomic E-state index is 13.1. The fourth-order valence-corrected chi connectivity index (χ4v) is 3.97. The molecule has 3 aromatic rings. The smallest absolute Gasteiger partial charge is 0.307 e. The summed E-state index contributed by atoms with van der Waals surface area (Å²) >= 11 is 0. The maximum atomic E-state index is 13.1. The average molecular weight is 487 g/mol. The first kappa shape index (κ1) is 26.2. The van der Waals surface area contributed by atoms with Gasteiger partial charge >= 0.3 is 5.97 Å². The van der Waals surface area contributed by atoms with E-state index < -0.39 is 11.0 Å². The molecule has 0 spiro atoms. The molecule has 0 unspecified atom stereocenters. The van der Waals surface area contributed by atoms with Crippen LogP contribution >= 0.6 is 0 Å². The number of fused-ring (bicyclic) bond motifs is 2. The number of rotatable bonds is 14. The summed E-state index contributed by atoms with van der Waals surface area (Å²) in [4.78, 5) is 41.5. The van der Waals surface area contributed by atoms with E-state index in [1.807, 2.05) is 0 Å². The van der Waals surface area contributed by atoms with Gasteiger partial charge in [0.25, 0.3) is 5.56 Å². The summed E-state index contributed by atoms with van der Waals surface area (Å²) < 4.78 is 15.7. The number of nitrogens with zero attached hydrogens (tertiary/aromatic N) is 3. The molecule has 0 aliphatic heterocycles. The average Bonchev–Trinajstić information content (AvgIpc) is 3.27. The van der Waals surface area contributed by atoms with Gasteiger partial charge in [0, 0.05) is 12.5 Å². The lowest BCUT2D eigenvalue weighted by molar-refractivity contribution is -0.148. The molecule has 0 aliphatic carbocycles. The molecule has 0 atom stereocenters. The van der Waals surface area contributed by atoms with E-state index in [1.54, 1.807) is 0 Å². The van der Waals surface area contributed by atoms with Crippen molar-refractivity contribution in [3.63, 3.8) is 0 Å². The number of esters is 1. The number of hydrogen-bond donors (Lipinski definition) is 1. The molecule has 1 N–H and O–H groups in total. The Labute approximate surface area is 203 Å². The second kappa shape index (κ2) is 12.9. The molecule has 0 radical (unpaired) electrons. The molecule has 0 saturated carbocycles. The number of aromatic amines is 1. The largest absolute Gasteiger partial charge is 0.493 e. The highest BCUT2D eigenvalue weighted by Crippen LogP contribution is 2.29. The fourth-order valence-electron chi connectivity index (χ4n) is 3.97. The van der Waals surface area contributed by atoms with Crippen LogP contribution in [-0.2, 0) is 16.3 Å². The van der Waals surface area contributed by atoms with Crippen LogP contribution < -0.4 is 20.5 Å². The molecule has 3 rings (SSSR count). The number of methoxy groups -OCH3 is 2. The van der Waals surface area contributed by atoms with Gasteiger partial charge in [0.2, 0.25) is 12.2 Å². The molecule has 0 fully saturated rings. The Balaban J connectivity index is 1.61. The summed E-state index contributed by atoms with van der Waals surface area (Å²) in [5.41, 5.74) is -1.08. The Hall–Kier alpha value is -3.43. The van der Waals surface area contributed by atoms with Crippen molar-refractivity contribution in [3.05, 3.63) is 32.7 Å². The molecule has 0 amide bonds. The summed E-state index contributed by atoms with van der Waals surface area (Å²) in [5, 5.41) is 8.37. The minimum atomic E-state index is -0.591. The highest BCUT2D eigenvalue weighted by Gasteiger charge is 2.16. The Kier molecular flexibility index (Phi) is 9.63. The Morgan fingerprint density at radius 1 is 0.886 bits per heavy atom. The standard InChI is InChI=1S/C25H34N4O6/c1-4-5-6-7-8-9-10-11-12-13-21(30)35-16-29-27-22-23(28-29)25(32)26-18-15-20(34-3)19(33-2)14-17(18)24(22)31/h14-15H,4-13,16H2,1-3H3,(H,26,32). The van der Waals surface area contributed by atoms with E-state index in [-0.39, 0.29) is 34.6 Å². The number of H-pyrrole nitrogens is 1. The normalized spacial score (nSPS) is 11.2. The van der Waals surface area contributed by atoms with Crippen LogP contribution in [0.3, 0.4) is 0 Å². The van der Waals surface area contributed by atoms with Crippen LogP contribution in [0.4, 0.5) is 0 Å². The van der Waals surface area contributed by atoms with Gasteiger partial charge in [-0.25, -0.2) is 0 Å². The van der Waals surface area contributed by atoms with Crippen molar-refractivity contribution < 1.29 is 19.0 Å². The van der Waals surface area contributed by atoms with Gasteiger partial charge in [-0.1, -0.05) is 58.3 Å². The predicted octanol–water partition coefficient (Wildman–Crippen LogP) is 4.07. The highest BCUT2D eigenvalue weighted by atomic mass is 16.5. The van der Waals surface area contributed by atoms with Gasteiger partial charge < -0.3 is 19.2 Å². The molecule has 2 aromatic heterocycles. The van der Waals surface area contributed by atoms with E-state index in [0.29, 0.717) is 17.9 Å². The summed E-state index contributed by atoms with van der Waals surface area (Å²) in [5.74, 6) is 0.351. The second-order valence-electron chi connectivity index (χ2n) is 8.53. The molecular formula is C25H34N4O6. The first-order chi connectivity index (χ1) is 17.0. The van der Waals surface area contributed by atoms with Gasteiger partial charge in [-0.15, -0.1) is 15.0 Å². The van der Waals surface area contributed by atoms with Gasteiger partial charge in [-0.2, -0.15) is 0 Å². The van der Waals surface area contributed by atoms with Gasteiger partial charge in [0.1, 0.15) is 0 Å². The third-order valence-electron chi connectivity index (χ3n) is 5.93. The Bertz CT molecular complexity index is 1270. The second-order valence-corrected chi connectivity index (χ2v) is 8.53. The maximum Gasteiger partial charge on any atom is 0.307 e. The zero-order valence-corrected chi connectivity index (χ0v) is 20.7.